The number of benzene rings is 1. The molecule has 0 fully saturated rings. The van der Waals surface area contributed by atoms with Crippen molar-refractivity contribution < 1.29 is 23.1 Å². The first-order chi connectivity index (χ1) is 9.38. The third kappa shape index (κ3) is 4.55. The molecule has 0 radical (unpaired) electrons. The van der Waals surface area contributed by atoms with E-state index >= 15 is 0 Å². The van der Waals surface area contributed by atoms with Gasteiger partial charge in [0.2, 0.25) is 5.91 Å². The molecular weight excluding hydrogens is 273 g/mol. The summed E-state index contributed by atoms with van der Waals surface area (Å²) in [6.45, 7) is -0.0715. The van der Waals surface area contributed by atoms with Crippen molar-refractivity contribution in [1.29, 1.82) is 5.26 Å². The van der Waals surface area contributed by atoms with Crippen molar-refractivity contribution in [2.75, 3.05) is 11.9 Å². The second-order valence-corrected chi connectivity index (χ2v) is 4.10. The minimum atomic E-state index is -4.65. The number of rotatable bonds is 5. The van der Waals surface area contributed by atoms with Crippen LogP contribution in [-0.4, -0.2) is 17.6 Å². The predicted molar refractivity (Wildman–Crippen MR) is 65.7 cm³/mol. The first kappa shape index (κ1) is 16.0. The third-order valence-electron chi connectivity index (χ3n) is 2.54. The second-order valence-electron chi connectivity index (χ2n) is 4.10. The molecule has 0 aliphatic heterocycles. The summed E-state index contributed by atoms with van der Waals surface area (Å²) in [4.78, 5) is 11.5. The fourth-order valence-electron chi connectivity index (χ4n) is 1.57. The number of amides is 1. The zero-order valence-electron chi connectivity index (χ0n) is 10.5. The maximum Gasteiger partial charge on any atom is 0.418 e. The first-order valence-corrected chi connectivity index (χ1v) is 5.90. The summed E-state index contributed by atoms with van der Waals surface area (Å²) in [5, 5.41) is 19.4. The van der Waals surface area contributed by atoms with Gasteiger partial charge in [-0.3, -0.25) is 4.79 Å². The molecule has 0 atom stereocenters. The molecule has 0 heterocycles. The molecule has 7 heteroatoms. The molecule has 20 heavy (non-hydrogen) atoms. The molecule has 0 unspecified atom stereocenters. The van der Waals surface area contributed by atoms with Gasteiger partial charge in [0.25, 0.3) is 0 Å². The summed E-state index contributed by atoms with van der Waals surface area (Å²) >= 11 is 0. The summed E-state index contributed by atoms with van der Waals surface area (Å²) in [5.41, 5.74) is -1.55. The van der Waals surface area contributed by atoms with Crippen molar-refractivity contribution in [1.82, 2.24) is 0 Å². The summed E-state index contributed by atoms with van der Waals surface area (Å²) in [6.07, 6.45) is -3.83. The Labute approximate surface area is 113 Å². The van der Waals surface area contributed by atoms with Crippen LogP contribution in [0.5, 0.6) is 0 Å². The number of halogens is 3. The van der Waals surface area contributed by atoms with Crippen molar-refractivity contribution in [3.8, 4) is 6.07 Å². The average Bonchev–Trinajstić information content (AvgIpc) is 2.38. The molecule has 1 aromatic carbocycles. The number of aliphatic hydroxyl groups excluding tert-OH is 1. The van der Waals surface area contributed by atoms with Crippen LogP contribution in [0, 0.1) is 11.3 Å². The standard InChI is InChI=1S/C13H13F3N2O2/c14-13(15,16)10-7-9(8-17)4-5-11(10)18-12(20)3-1-2-6-19/h4-5,7,19H,1-3,6H2,(H,18,20). The highest BCUT2D eigenvalue weighted by atomic mass is 19.4. The quantitative estimate of drug-likeness (QED) is 0.817. The Morgan fingerprint density at radius 1 is 1.35 bits per heavy atom. The van der Waals surface area contributed by atoms with Crippen LogP contribution in [0.4, 0.5) is 18.9 Å². The van der Waals surface area contributed by atoms with Gasteiger partial charge in [-0.05, 0) is 31.0 Å². The van der Waals surface area contributed by atoms with Crippen LogP contribution >= 0.6 is 0 Å². The van der Waals surface area contributed by atoms with E-state index in [9.17, 15) is 18.0 Å². The lowest BCUT2D eigenvalue weighted by Gasteiger charge is -2.14. The van der Waals surface area contributed by atoms with Crippen LogP contribution in [0.3, 0.4) is 0 Å². The van der Waals surface area contributed by atoms with Crippen molar-refractivity contribution in [3.05, 3.63) is 29.3 Å². The van der Waals surface area contributed by atoms with E-state index in [1.807, 2.05) is 0 Å². The number of alkyl halides is 3. The Morgan fingerprint density at radius 2 is 2.05 bits per heavy atom. The van der Waals surface area contributed by atoms with Gasteiger partial charge in [0.1, 0.15) is 0 Å². The van der Waals surface area contributed by atoms with Crippen molar-refractivity contribution >= 4 is 11.6 Å². The molecule has 0 bridgehead atoms. The Bertz CT molecular complexity index is 521. The van der Waals surface area contributed by atoms with Gasteiger partial charge in [-0.25, -0.2) is 0 Å². The number of carbonyl (C=O) groups is 1. The molecular formula is C13H13F3N2O2. The van der Waals surface area contributed by atoms with E-state index in [0.717, 1.165) is 6.07 Å². The van der Waals surface area contributed by atoms with E-state index in [1.54, 1.807) is 6.07 Å². The average molecular weight is 286 g/mol. The van der Waals surface area contributed by atoms with Crippen LogP contribution in [-0.2, 0) is 11.0 Å². The van der Waals surface area contributed by atoms with Gasteiger partial charge in [0.05, 0.1) is 22.9 Å². The molecule has 0 saturated heterocycles. The Balaban J connectivity index is 2.89. The fourth-order valence-corrected chi connectivity index (χ4v) is 1.57. The van der Waals surface area contributed by atoms with E-state index in [-0.39, 0.29) is 24.3 Å². The van der Waals surface area contributed by atoms with Crippen LogP contribution in [0.1, 0.15) is 30.4 Å². The second kappa shape index (κ2) is 6.91. The van der Waals surface area contributed by atoms with Crippen LogP contribution < -0.4 is 5.32 Å². The topological polar surface area (TPSA) is 73.1 Å². The number of hydrogen-bond donors (Lipinski definition) is 2. The van der Waals surface area contributed by atoms with E-state index < -0.39 is 17.6 Å². The van der Waals surface area contributed by atoms with Gasteiger partial charge in [-0.15, -0.1) is 0 Å². The predicted octanol–water partition coefficient (Wildman–Crippen LogP) is 2.68. The Kier molecular flexibility index (Phi) is 5.53. The van der Waals surface area contributed by atoms with Gasteiger partial charge in [-0.1, -0.05) is 0 Å². The Hall–Kier alpha value is -2.07. The summed E-state index contributed by atoms with van der Waals surface area (Å²) < 4.78 is 38.5. The molecule has 0 spiro atoms. The molecule has 1 amide bonds. The van der Waals surface area contributed by atoms with Crippen LogP contribution in [0.25, 0.3) is 0 Å². The molecule has 0 aromatic heterocycles. The minimum Gasteiger partial charge on any atom is -0.396 e. The molecule has 1 aromatic rings. The maximum absolute atomic E-state index is 12.8. The van der Waals surface area contributed by atoms with Crippen LogP contribution in [0.15, 0.2) is 18.2 Å². The van der Waals surface area contributed by atoms with Gasteiger partial charge < -0.3 is 10.4 Å². The van der Waals surface area contributed by atoms with E-state index in [2.05, 4.69) is 5.32 Å². The smallest absolute Gasteiger partial charge is 0.396 e. The van der Waals surface area contributed by atoms with E-state index in [1.165, 1.54) is 6.07 Å². The monoisotopic (exact) mass is 286 g/mol. The summed E-state index contributed by atoms with van der Waals surface area (Å²) in [5.74, 6) is -0.561. The molecule has 0 aliphatic carbocycles. The molecule has 4 nitrogen and oxygen atoms in total. The lowest BCUT2D eigenvalue weighted by Crippen LogP contribution is -2.16. The lowest BCUT2D eigenvalue weighted by atomic mass is 10.1. The number of hydrogen-bond acceptors (Lipinski definition) is 3. The van der Waals surface area contributed by atoms with Crippen molar-refractivity contribution in [2.45, 2.75) is 25.4 Å². The molecule has 1 rings (SSSR count). The maximum atomic E-state index is 12.8. The van der Waals surface area contributed by atoms with Gasteiger partial charge >= 0.3 is 6.18 Å². The van der Waals surface area contributed by atoms with Gasteiger partial charge in [0.15, 0.2) is 0 Å². The zero-order valence-corrected chi connectivity index (χ0v) is 10.5. The molecule has 108 valence electrons. The largest absolute Gasteiger partial charge is 0.418 e. The Morgan fingerprint density at radius 3 is 2.60 bits per heavy atom. The third-order valence-corrected chi connectivity index (χ3v) is 2.54. The zero-order chi connectivity index (χ0) is 15.2. The highest BCUT2D eigenvalue weighted by Gasteiger charge is 2.34. The molecule has 0 saturated carbocycles. The summed E-state index contributed by atoms with van der Waals surface area (Å²) in [7, 11) is 0. The lowest BCUT2D eigenvalue weighted by molar-refractivity contribution is -0.137. The number of unbranched alkanes of at least 4 members (excludes halogenated alkanes) is 1. The highest BCUT2D eigenvalue weighted by Crippen LogP contribution is 2.35. The number of nitrogens with one attached hydrogen (secondary N) is 1. The van der Waals surface area contributed by atoms with Crippen molar-refractivity contribution in [2.24, 2.45) is 0 Å². The normalized spacial score (nSPS) is 10.9. The van der Waals surface area contributed by atoms with E-state index in [4.69, 9.17) is 10.4 Å². The molecule has 0 aliphatic rings. The summed E-state index contributed by atoms with van der Waals surface area (Å²) in [6, 6.07) is 4.59. The van der Waals surface area contributed by atoms with Gasteiger partial charge in [-0.2, -0.15) is 18.4 Å². The number of nitriles is 1. The highest BCUT2D eigenvalue weighted by molar-refractivity contribution is 5.91. The number of carbonyl (C=O) groups excluding carboxylic acids is 1. The SMILES string of the molecule is N#Cc1ccc(NC(=O)CCCCO)c(C(F)(F)F)c1. The number of nitrogens with zero attached hydrogens (tertiary/aromatic N) is 1. The number of anilines is 1. The fraction of sp³-hybridized carbons (Fsp3) is 0.385. The van der Waals surface area contributed by atoms with Crippen LogP contribution in [0.2, 0.25) is 0 Å². The first-order valence-electron chi connectivity index (χ1n) is 5.90. The minimum absolute atomic E-state index is 0.0257. The van der Waals surface area contributed by atoms with E-state index in [0.29, 0.717) is 18.9 Å². The van der Waals surface area contributed by atoms with Gasteiger partial charge in [0, 0.05) is 13.0 Å². The van der Waals surface area contributed by atoms with Crippen molar-refractivity contribution in [3.63, 3.8) is 0 Å². The number of aliphatic hydroxyl groups is 1. The molecule has 2 N–H and O–H groups in total.